The molecule has 0 aliphatic carbocycles. The van der Waals surface area contributed by atoms with Crippen LogP contribution in [0.15, 0.2) is 0 Å². The maximum absolute atomic E-state index is 10.4. The Kier molecular flexibility index (Phi) is 4.86. The van der Waals surface area contributed by atoms with Gasteiger partial charge in [-0.3, -0.25) is 4.79 Å². The normalized spacial score (nSPS) is 13.2. The molecular weight excluding hydrogens is 142 g/mol. The van der Waals surface area contributed by atoms with E-state index in [1.807, 2.05) is 6.92 Å². The van der Waals surface area contributed by atoms with Crippen molar-refractivity contribution in [3.63, 3.8) is 0 Å². The lowest BCUT2D eigenvalue weighted by Crippen LogP contribution is -2.32. The highest BCUT2D eigenvalue weighted by Gasteiger charge is 2.04. The Bertz CT molecular complexity index is 123. The zero-order chi connectivity index (χ0) is 8.85. The topological polar surface area (TPSA) is 38.3 Å². The summed E-state index contributed by atoms with van der Waals surface area (Å²) in [4.78, 5) is 10.4. The average molecular weight is 159 g/mol. The van der Waals surface area contributed by atoms with Gasteiger partial charge in [-0.15, -0.1) is 0 Å². The van der Waals surface area contributed by atoms with Gasteiger partial charge in [-0.05, 0) is 6.92 Å². The van der Waals surface area contributed by atoms with Crippen LogP contribution in [0.25, 0.3) is 0 Å². The van der Waals surface area contributed by atoms with Crippen LogP contribution in [0.3, 0.4) is 0 Å². The molecule has 0 aliphatic heterocycles. The van der Waals surface area contributed by atoms with Gasteiger partial charge in [-0.25, -0.2) is 0 Å². The first-order valence-electron chi connectivity index (χ1n) is 3.93. The standard InChI is InChI=1S/C8H17NO2/c1-6(2)9-5-7(3)11-8(4)10/h6-7,9H,5H2,1-4H3. The molecule has 0 aromatic carbocycles. The summed E-state index contributed by atoms with van der Waals surface area (Å²) in [6.07, 6.45) is -0.0325. The first-order valence-corrected chi connectivity index (χ1v) is 3.93. The molecule has 0 aliphatic rings. The number of rotatable bonds is 4. The quantitative estimate of drug-likeness (QED) is 0.620. The third kappa shape index (κ3) is 7.33. The highest BCUT2D eigenvalue weighted by atomic mass is 16.5. The van der Waals surface area contributed by atoms with Crippen LogP contribution in [0.4, 0.5) is 0 Å². The van der Waals surface area contributed by atoms with Crippen LogP contribution in [0.1, 0.15) is 27.7 Å². The minimum absolute atomic E-state index is 0.0325. The summed E-state index contributed by atoms with van der Waals surface area (Å²) in [5.41, 5.74) is 0. The fourth-order valence-corrected chi connectivity index (χ4v) is 0.727. The molecule has 0 aromatic heterocycles. The number of esters is 1. The SMILES string of the molecule is CC(=O)OC(C)CNC(C)C. The number of nitrogens with one attached hydrogen (secondary N) is 1. The number of carbonyl (C=O) groups is 1. The first-order chi connectivity index (χ1) is 5.02. The van der Waals surface area contributed by atoms with Crippen LogP contribution in [0.5, 0.6) is 0 Å². The summed E-state index contributed by atoms with van der Waals surface area (Å²) in [6.45, 7) is 8.13. The van der Waals surface area contributed by atoms with Gasteiger partial charge in [0.15, 0.2) is 0 Å². The van der Waals surface area contributed by atoms with E-state index in [0.29, 0.717) is 6.04 Å². The second-order valence-corrected chi connectivity index (χ2v) is 2.98. The molecule has 3 nitrogen and oxygen atoms in total. The number of hydrogen-bond acceptors (Lipinski definition) is 3. The smallest absolute Gasteiger partial charge is 0.302 e. The average Bonchev–Trinajstić information content (AvgIpc) is 1.82. The van der Waals surface area contributed by atoms with Gasteiger partial charge in [0, 0.05) is 19.5 Å². The van der Waals surface area contributed by atoms with Crippen molar-refractivity contribution in [1.29, 1.82) is 0 Å². The predicted molar refractivity (Wildman–Crippen MR) is 44.4 cm³/mol. The largest absolute Gasteiger partial charge is 0.462 e. The Balaban J connectivity index is 3.37. The predicted octanol–water partition coefficient (Wildman–Crippen LogP) is 0.936. The van der Waals surface area contributed by atoms with E-state index < -0.39 is 0 Å². The van der Waals surface area contributed by atoms with Crippen molar-refractivity contribution in [3.8, 4) is 0 Å². The highest BCUT2D eigenvalue weighted by Crippen LogP contribution is 1.89. The molecule has 0 aromatic rings. The van der Waals surface area contributed by atoms with Crippen molar-refractivity contribution in [2.24, 2.45) is 0 Å². The zero-order valence-electron chi connectivity index (χ0n) is 7.68. The van der Waals surface area contributed by atoms with E-state index >= 15 is 0 Å². The zero-order valence-corrected chi connectivity index (χ0v) is 7.68. The van der Waals surface area contributed by atoms with Crippen LogP contribution in [0, 0.1) is 0 Å². The van der Waals surface area contributed by atoms with Crippen molar-refractivity contribution < 1.29 is 9.53 Å². The minimum Gasteiger partial charge on any atom is -0.462 e. The lowest BCUT2D eigenvalue weighted by atomic mass is 10.3. The van der Waals surface area contributed by atoms with Crippen molar-refractivity contribution in [1.82, 2.24) is 5.32 Å². The van der Waals surface area contributed by atoms with Crippen LogP contribution >= 0.6 is 0 Å². The van der Waals surface area contributed by atoms with Gasteiger partial charge in [-0.1, -0.05) is 13.8 Å². The van der Waals surface area contributed by atoms with E-state index in [4.69, 9.17) is 4.74 Å². The molecule has 0 fully saturated rings. The molecule has 11 heavy (non-hydrogen) atoms. The molecule has 0 saturated carbocycles. The third-order valence-corrected chi connectivity index (χ3v) is 1.18. The van der Waals surface area contributed by atoms with Crippen LogP contribution in [-0.2, 0) is 9.53 Å². The van der Waals surface area contributed by atoms with E-state index in [9.17, 15) is 4.79 Å². The monoisotopic (exact) mass is 159 g/mol. The van der Waals surface area contributed by atoms with Gasteiger partial charge in [-0.2, -0.15) is 0 Å². The fraction of sp³-hybridized carbons (Fsp3) is 0.875. The van der Waals surface area contributed by atoms with Gasteiger partial charge >= 0.3 is 5.97 Å². The van der Waals surface area contributed by atoms with E-state index in [1.165, 1.54) is 6.92 Å². The molecule has 0 spiro atoms. The fourth-order valence-electron chi connectivity index (χ4n) is 0.727. The summed E-state index contributed by atoms with van der Waals surface area (Å²) >= 11 is 0. The van der Waals surface area contributed by atoms with Gasteiger partial charge in [0.1, 0.15) is 6.10 Å². The van der Waals surface area contributed by atoms with Crippen molar-refractivity contribution in [2.75, 3.05) is 6.54 Å². The number of ether oxygens (including phenoxy) is 1. The summed E-state index contributed by atoms with van der Waals surface area (Å²) in [5, 5.41) is 3.17. The van der Waals surface area contributed by atoms with Gasteiger partial charge < -0.3 is 10.1 Å². The molecule has 0 amide bonds. The molecule has 66 valence electrons. The maximum Gasteiger partial charge on any atom is 0.302 e. The number of carbonyl (C=O) groups excluding carboxylic acids is 1. The lowest BCUT2D eigenvalue weighted by Gasteiger charge is -2.14. The Morgan fingerprint density at radius 2 is 2.00 bits per heavy atom. The van der Waals surface area contributed by atoms with E-state index in [0.717, 1.165) is 6.54 Å². The molecule has 0 rings (SSSR count). The Morgan fingerprint density at radius 1 is 1.45 bits per heavy atom. The Labute approximate surface area is 68.1 Å². The second kappa shape index (κ2) is 5.13. The molecule has 0 heterocycles. The molecule has 0 saturated heterocycles. The minimum atomic E-state index is -0.219. The Morgan fingerprint density at radius 3 is 2.36 bits per heavy atom. The molecule has 0 bridgehead atoms. The van der Waals surface area contributed by atoms with E-state index in [-0.39, 0.29) is 12.1 Å². The molecule has 1 unspecified atom stereocenters. The van der Waals surface area contributed by atoms with E-state index in [2.05, 4.69) is 19.2 Å². The molecular formula is C8H17NO2. The summed E-state index contributed by atoms with van der Waals surface area (Å²) in [6, 6.07) is 0.438. The van der Waals surface area contributed by atoms with Crippen LogP contribution < -0.4 is 5.32 Å². The molecule has 0 radical (unpaired) electrons. The molecule has 1 N–H and O–H groups in total. The van der Waals surface area contributed by atoms with Crippen molar-refractivity contribution >= 4 is 5.97 Å². The lowest BCUT2D eigenvalue weighted by molar-refractivity contribution is -0.145. The van der Waals surface area contributed by atoms with Crippen molar-refractivity contribution in [2.45, 2.75) is 39.8 Å². The summed E-state index contributed by atoms with van der Waals surface area (Å²) in [5.74, 6) is -0.219. The van der Waals surface area contributed by atoms with Gasteiger partial charge in [0.05, 0.1) is 0 Å². The van der Waals surface area contributed by atoms with Crippen molar-refractivity contribution in [3.05, 3.63) is 0 Å². The Hall–Kier alpha value is -0.570. The first kappa shape index (κ1) is 10.4. The highest BCUT2D eigenvalue weighted by molar-refractivity contribution is 5.66. The molecule has 1 atom stereocenters. The third-order valence-electron chi connectivity index (χ3n) is 1.18. The van der Waals surface area contributed by atoms with Gasteiger partial charge in [0.25, 0.3) is 0 Å². The van der Waals surface area contributed by atoms with Gasteiger partial charge in [0.2, 0.25) is 0 Å². The van der Waals surface area contributed by atoms with Crippen LogP contribution in [-0.4, -0.2) is 24.7 Å². The number of hydrogen-bond donors (Lipinski definition) is 1. The summed E-state index contributed by atoms with van der Waals surface area (Å²) < 4.78 is 4.90. The summed E-state index contributed by atoms with van der Waals surface area (Å²) in [7, 11) is 0. The van der Waals surface area contributed by atoms with Crippen LogP contribution in [0.2, 0.25) is 0 Å². The second-order valence-electron chi connectivity index (χ2n) is 2.98. The van der Waals surface area contributed by atoms with E-state index in [1.54, 1.807) is 0 Å². The molecule has 3 heteroatoms. The maximum atomic E-state index is 10.4.